The number of hydrogen-bond acceptors (Lipinski definition) is 2. The van der Waals surface area contributed by atoms with Crippen molar-refractivity contribution in [3.63, 3.8) is 0 Å². The van der Waals surface area contributed by atoms with Crippen LogP contribution in [0.25, 0.3) is 0 Å². The summed E-state index contributed by atoms with van der Waals surface area (Å²) in [5.41, 5.74) is 5.57. The number of hydrogen-bond donors (Lipinski definition) is 2. The van der Waals surface area contributed by atoms with Crippen LogP contribution in [0.4, 0.5) is 0 Å². The van der Waals surface area contributed by atoms with Crippen molar-refractivity contribution in [1.82, 2.24) is 0 Å². The third-order valence-corrected chi connectivity index (χ3v) is 3.76. The summed E-state index contributed by atoms with van der Waals surface area (Å²) in [5, 5.41) is 18.6. The van der Waals surface area contributed by atoms with Crippen molar-refractivity contribution < 1.29 is 10.2 Å². The number of fused-ring (bicyclic) bond motifs is 4. The predicted octanol–water partition coefficient (Wildman–Crippen LogP) is 1.17. The lowest BCUT2D eigenvalue weighted by Crippen LogP contribution is -2.19. The molecule has 2 atom stereocenters. The van der Waals surface area contributed by atoms with Gasteiger partial charge in [-0.25, -0.2) is 0 Å². The Labute approximate surface area is 83.3 Å². The fraction of sp³-hybridized carbons (Fsp3) is 0.500. The highest BCUT2D eigenvalue weighted by molar-refractivity contribution is 5.64. The minimum absolute atomic E-state index is 0.175. The van der Waals surface area contributed by atoms with E-state index in [1.807, 2.05) is 0 Å². The number of aliphatic hydroxyl groups excluding tert-OH is 2. The quantitative estimate of drug-likeness (QED) is 0.686. The minimum Gasteiger partial charge on any atom is -0.396 e. The predicted molar refractivity (Wildman–Crippen MR) is 53.6 cm³/mol. The van der Waals surface area contributed by atoms with E-state index in [0.29, 0.717) is 0 Å². The molecule has 0 spiro atoms. The summed E-state index contributed by atoms with van der Waals surface area (Å²) >= 11 is 0. The van der Waals surface area contributed by atoms with Gasteiger partial charge < -0.3 is 10.2 Å². The van der Waals surface area contributed by atoms with Crippen molar-refractivity contribution >= 4 is 0 Å². The number of allylic oxidation sites excluding steroid dienone is 5. The van der Waals surface area contributed by atoms with Crippen LogP contribution in [0.3, 0.4) is 0 Å². The van der Waals surface area contributed by atoms with Crippen LogP contribution in [-0.2, 0) is 0 Å². The Hall–Kier alpha value is -0.860. The topological polar surface area (TPSA) is 40.5 Å². The molecular weight excluding hydrogens is 176 g/mol. The van der Waals surface area contributed by atoms with Crippen LogP contribution in [0.15, 0.2) is 34.4 Å². The molecule has 2 N–H and O–H groups in total. The van der Waals surface area contributed by atoms with Crippen LogP contribution in [0, 0.1) is 11.8 Å². The van der Waals surface area contributed by atoms with Gasteiger partial charge in [-0.15, -0.1) is 0 Å². The molecule has 0 saturated heterocycles. The normalized spacial score (nSPS) is 33.6. The van der Waals surface area contributed by atoms with Crippen molar-refractivity contribution in [2.75, 3.05) is 13.2 Å². The fourth-order valence-electron chi connectivity index (χ4n) is 3.06. The van der Waals surface area contributed by atoms with E-state index in [1.165, 1.54) is 22.3 Å². The molecule has 3 aliphatic rings. The molecule has 2 unspecified atom stereocenters. The maximum Gasteiger partial charge on any atom is 0.0503 e. The van der Waals surface area contributed by atoms with E-state index >= 15 is 0 Å². The molecule has 0 fully saturated rings. The van der Waals surface area contributed by atoms with Gasteiger partial charge in [-0.05, 0) is 41.1 Å². The lowest BCUT2D eigenvalue weighted by molar-refractivity contribution is 0.150. The molecule has 0 amide bonds. The first-order chi connectivity index (χ1) is 6.85. The number of aliphatic hydroxyl groups is 2. The number of rotatable bonds is 2. The molecule has 0 aromatic heterocycles. The van der Waals surface area contributed by atoms with Crippen LogP contribution in [0.2, 0.25) is 0 Å². The lowest BCUT2D eigenvalue weighted by atomic mass is 9.89. The van der Waals surface area contributed by atoms with E-state index < -0.39 is 0 Å². The summed E-state index contributed by atoms with van der Waals surface area (Å²) < 4.78 is 0. The average molecular weight is 190 g/mol. The Balaban J connectivity index is 2.01. The fourth-order valence-corrected chi connectivity index (χ4v) is 3.06. The SMILES string of the molecule is OCC1CC2=C(C3=CC=C2C3)C1CO. The molecule has 0 aromatic rings. The zero-order valence-electron chi connectivity index (χ0n) is 8.03. The van der Waals surface area contributed by atoms with E-state index in [-0.39, 0.29) is 25.0 Å². The highest BCUT2D eigenvalue weighted by Crippen LogP contribution is 2.53. The molecule has 0 saturated carbocycles. The highest BCUT2D eigenvalue weighted by Gasteiger charge is 2.41. The van der Waals surface area contributed by atoms with Gasteiger partial charge >= 0.3 is 0 Å². The molecule has 0 radical (unpaired) electrons. The third-order valence-electron chi connectivity index (χ3n) is 3.76. The third kappa shape index (κ3) is 0.877. The standard InChI is InChI=1S/C12H14O2/c13-5-9-4-10-7-1-2-8(3-7)12(10)11(9)6-14/h1-2,9,11,13-14H,3-6H2. The Bertz CT molecular complexity index is 374. The van der Waals surface area contributed by atoms with Gasteiger partial charge in [-0.3, -0.25) is 0 Å². The zero-order valence-corrected chi connectivity index (χ0v) is 8.03. The summed E-state index contributed by atoms with van der Waals surface area (Å²) in [6.45, 7) is 0.369. The summed E-state index contributed by atoms with van der Waals surface area (Å²) in [6.07, 6.45) is 6.37. The van der Waals surface area contributed by atoms with Crippen LogP contribution in [-0.4, -0.2) is 23.4 Å². The zero-order chi connectivity index (χ0) is 9.71. The van der Waals surface area contributed by atoms with Gasteiger partial charge in [0.1, 0.15) is 0 Å². The van der Waals surface area contributed by atoms with Crippen LogP contribution in [0.5, 0.6) is 0 Å². The van der Waals surface area contributed by atoms with Crippen molar-refractivity contribution in [3.05, 3.63) is 34.4 Å². The van der Waals surface area contributed by atoms with Gasteiger partial charge in [0.2, 0.25) is 0 Å². The van der Waals surface area contributed by atoms with Crippen LogP contribution >= 0.6 is 0 Å². The van der Waals surface area contributed by atoms with Gasteiger partial charge in [0, 0.05) is 12.5 Å². The maximum absolute atomic E-state index is 9.35. The highest BCUT2D eigenvalue weighted by atomic mass is 16.3. The van der Waals surface area contributed by atoms with Gasteiger partial charge in [0.15, 0.2) is 0 Å². The second-order valence-electron chi connectivity index (χ2n) is 4.39. The molecule has 2 bridgehead atoms. The summed E-state index contributed by atoms with van der Waals surface area (Å²) in [6, 6.07) is 0. The molecule has 3 aliphatic carbocycles. The molecule has 2 heteroatoms. The van der Waals surface area contributed by atoms with Gasteiger partial charge in [-0.1, -0.05) is 12.2 Å². The Kier molecular flexibility index (Phi) is 1.70. The monoisotopic (exact) mass is 190 g/mol. The molecule has 3 rings (SSSR count). The molecular formula is C12H14O2. The first kappa shape index (κ1) is 8.45. The maximum atomic E-state index is 9.35. The largest absolute Gasteiger partial charge is 0.396 e. The lowest BCUT2D eigenvalue weighted by Gasteiger charge is -2.19. The second-order valence-corrected chi connectivity index (χ2v) is 4.39. The van der Waals surface area contributed by atoms with Crippen LogP contribution < -0.4 is 0 Å². The van der Waals surface area contributed by atoms with Crippen molar-refractivity contribution in [3.8, 4) is 0 Å². The molecule has 74 valence electrons. The summed E-state index contributed by atoms with van der Waals surface area (Å²) in [5.74, 6) is 0.433. The van der Waals surface area contributed by atoms with Crippen molar-refractivity contribution in [2.24, 2.45) is 11.8 Å². The Morgan fingerprint density at radius 3 is 2.64 bits per heavy atom. The Morgan fingerprint density at radius 2 is 1.93 bits per heavy atom. The van der Waals surface area contributed by atoms with Gasteiger partial charge in [-0.2, -0.15) is 0 Å². The minimum atomic E-state index is 0.175. The molecule has 0 aromatic carbocycles. The van der Waals surface area contributed by atoms with Gasteiger partial charge in [0.05, 0.1) is 6.61 Å². The van der Waals surface area contributed by atoms with Crippen LogP contribution in [0.1, 0.15) is 12.8 Å². The summed E-state index contributed by atoms with van der Waals surface area (Å²) in [7, 11) is 0. The average Bonchev–Trinajstić information content (AvgIpc) is 2.87. The first-order valence-electron chi connectivity index (χ1n) is 5.20. The van der Waals surface area contributed by atoms with E-state index in [9.17, 15) is 10.2 Å². The molecule has 0 aliphatic heterocycles. The Morgan fingerprint density at radius 1 is 1.14 bits per heavy atom. The van der Waals surface area contributed by atoms with Gasteiger partial charge in [0.25, 0.3) is 0 Å². The first-order valence-corrected chi connectivity index (χ1v) is 5.20. The van der Waals surface area contributed by atoms with E-state index in [2.05, 4.69) is 12.2 Å². The molecule has 2 nitrogen and oxygen atoms in total. The van der Waals surface area contributed by atoms with Crippen molar-refractivity contribution in [2.45, 2.75) is 12.8 Å². The van der Waals surface area contributed by atoms with Crippen molar-refractivity contribution in [1.29, 1.82) is 0 Å². The van der Waals surface area contributed by atoms with E-state index in [1.54, 1.807) is 0 Å². The smallest absolute Gasteiger partial charge is 0.0503 e. The summed E-state index contributed by atoms with van der Waals surface area (Å²) in [4.78, 5) is 0. The second kappa shape index (κ2) is 2.81. The molecule has 0 heterocycles. The molecule has 14 heavy (non-hydrogen) atoms. The van der Waals surface area contributed by atoms with E-state index in [0.717, 1.165) is 12.8 Å². The van der Waals surface area contributed by atoms with E-state index in [4.69, 9.17) is 0 Å².